The van der Waals surface area contributed by atoms with Gasteiger partial charge in [-0.3, -0.25) is 4.79 Å². The molecule has 118 valence electrons. The van der Waals surface area contributed by atoms with Crippen molar-refractivity contribution in [1.29, 1.82) is 0 Å². The molecule has 0 bridgehead atoms. The van der Waals surface area contributed by atoms with Gasteiger partial charge in [-0.1, -0.05) is 62.2 Å². The third-order valence-corrected chi connectivity index (χ3v) is 3.81. The molecule has 0 fully saturated rings. The lowest BCUT2D eigenvalue weighted by molar-refractivity contribution is 0.241. The highest BCUT2D eigenvalue weighted by molar-refractivity contribution is 5.83. The Balaban J connectivity index is 2.10. The van der Waals surface area contributed by atoms with Crippen molar-refractivity contribution in [2.75, 3.05) is 6.61 Å². The summed E-state index contributed by atoms with van der Waals surface area (Å²) in [6, 6.07) is 16.8. The number of rotatable bonds is 6. The van der Waals surface area contributed by atoms with Crippen LogP contribution in [0.15, 0.2) is 63.8 Å². The molecule has 3 heteroatoms. The van der Waals surface area contributed by atoms with Crippen LogP contribution >= 0.6 is 0 Å². The molecule has 3 rings (SSSR count). The highest BCUT2D eigenvalue weighted by Gasteiger charge is 2.17. The van der Waals surface area contributed by atoms with Gasteiger partial charge in [-0.15, -0.1) is 0 Å². The van der Waals surface area contributed by atoms with E-state index in [1.807, 2.05) is 42.5 Å². The second-order valence-electron chi connectivity index (χ2n) is 5.51. The average Bonchev–Trinajstić information content (AvgIpc) is 2.60. The maximum absolute atomic E-state index is 12.9. The van der Waals surface area contributed by atoms with E-state index in [1.165, 1.54) is 0 Å². The molecule has 3 nitrogen and oxygen atoms in total. The molecule has 0 N–H and O–H groups in total. The Hall–Kier alpha value is -2.55. The van der Waals surface area contributed by atoms with Crippen LogP contribution in [0.4, 0.5) is 0 Å². The van der Waals surface area contributed by atoms with Crippen molar-refractivity contribution in [3.8, 4) is 17.1 Å². The number of benzene rings is 2. The Bertz CT molecular complexity index is 834. The Morgan fingerprint density at radius 1 is 0.957 bits per heavy atom. The van der Waals surface area contributed by atoms with Crippen LogP contribution in [-0.2, 0) is 0 Å². The van der Waals surface area contributed by atoms with E-state index in [0.717, 1.165) is 24.8 Å². The van der Waals surface area contributed by atoms with Gasteiger partial charge in [0.2, 0.25) is 5.43 Å². The fourth-order valence-electron chi connectivity index (χ4n) is 2.59. The Labute approximate surface area is 135 Å². The van der Waals surface area contributed by atoms with Crippen LogP contribution in [0.25, 0.3) is 22.1 Å². The zero-order valence-corrected chi connectivity index (χ0v) is 13.2. The SMILES string of the molecule is CCCCCOc1oc2ccccc2c(=O)c1-c1ccccc1. The molecule has 23 heavy (non-hydrogen) atoms. The van der Waals surface area contributed by atoms with Crippen molar-refractivity contribution in [2.45, 2.75) is 26.2 Å². The van der Waals surface area contributed by atoms with Gasteiger partial charge in [0.15, 0.2) is 0 Å². The molecule has 0 aliphatic carbocycles. The van der Waals surface area contributed by atoms with E-state index in [2.05, 4.69) is 6.92 Å². The fourth-order valence-corrected chi connectivity index (χ4v) is 2.59. The van der Waals surface area contributed by atoms with Gasteiger partial charge in [-0.2, -0.15) is 0 Å². The van der Waals surface area contributed by atoms with Crippen molar-refractivity contribution in [1.82, 2.24) is 0 Å². The van der Waals surface area contributed by atoms with Gasteiger partial charge in [0.05, 0.1) is 12.0 Å². The summed E-state index contributed by atoms with van der Waals surface area (Å²) >= 11 is 0. The minimum atomic E-state index is -0.0523. The maximum atomic E-state index is 12.9. The number of unbranched alkanes of at least 4 members (excludes halogenated alkanes) is 2. The molecule has 3 aromatic rings. The molecule has 0 saturated heterocycles. The summed E-state index contributed by atoms with van der Waals surface area (Å²) in [5.41, 5.74) is 1.82. The second kappa shape index (κ2) is 7.14. The smallest absolute Gasteiger partial charge is 0.297 e. The van der Waals surface area contributed by atoms with Crippen molar-refractivity contribution in [2.24, 2.45) is 0 Å². The van der Waals surface area contributed by atoms with Gasteiger partial charge in [0.25, 0.3) is 5.95 Å². The Kier molecular flexibility index (Phi) is 4.77. The Morgan fingerprint density at radius 3 is 2.48 bits per heavy atom. The fraction of sp³-hybridized carbons (Fsp3) is 0.250. The van der Waals surface area contributed by atoms with Gasteiger partial charge in [0, 0.05) is 0 Å². The molecule has 1 aromatic heterocycles. The summed E-state index contributed by atoms with van der Waals surface area (Å²) < 4.78 is 11.7. The standard InChI is InChI=1S/C20H20O3/c1-2-3-9-14-22-20-18(15-10-5-4-6-11-15)19(21)16-12-7-8-13-17(16)23-20/h4-8,10-13H,2-3,9,14H2,1H3. The van der Waals surface area contributed by atoms with Crippen molar-refractivity contribution in [3.05, 3.63) is 64.8 Å². The molecular weight excluding hydrogens is 288 g/mol. The summed E-state index contributed by atoms with van der Waals surface area (Å²) in [6.07, 6.45) is 3.16. The zero-order valence-electron chi connectivity index (χ0n) is 13.2. The van der Waals surface area contributed by atoms with Gasteiger partial charge < -0.3 is 9.15 Å². The quantitative estimate of drug-likeness (QED) is 0.600. The highest BCUT2D eigenvalue weighted by atomic mass is 16.6. The molecule has 0 saturated carbocycles. The molecule has 0 spiro atoms. The minimum absolute atomic E-state index is 0.0523. The van der Waals surface area contributed by atoms with Gasteiger partial charge in [0.1, 0.15) is 11.1 Å². The number of hydrogen-bond donors (Lipinski definition) is 0. The van der Waals surface area contributed by atoms with Gasteiger partial charge >= 0.3 is 0 Å². The summed E-state index contributed by atoms with van der Waals surface area (Å²) in [4.78, 5) is 12.9. The van der Waals surface area contributed by atoms with E-state index in [-0.39, 0.29) is 5.43 Å². The average molecular weight is 308 g/mol. The van der Waals surface area contributed by atoms with Crippen molar-refractivity contribution in [3.63, 3.8) is 0 Å². The molecule has 1 heterocycles. The van der Waals surface area contributed by atoms with Crippen LogP contribution in [0.5, 0.6) is 5.95 Å². The first-order valence-electron chi connectivity index (χ1n) is 8.05. The first-order valence-corrected chi connectivity index (χ1v) is 8.05. The lowest BCUT2D eigenvalue weighted by Gasteiger charge is -2.11. The summed E-state index contributed by atoms with van der Waals surface area (Å²) in [5.74, 6) is 0.316. The summed E-state index contributed by atoms with van der Waals surface area (Å²) in [7, 11) is 0. The third kappa shape index (κ3) is 3.29. The van der Waals surface area contributed by atoms with E-state index in [9.17, 15) is 4.79 Å². The van der Waals surface area contributed by atoms with Gasteiger partial charge in [-0.05, 0) is 24.1 Å². The van der Waals surface area contributed by atoms with Gasteiger partial charge in [-0.25, -0.2) is 0 Å². The molecule has 0 amide bonds. The van der Waals surface area contributed by atoms with Crippen LogP contribution in [0.1, 0.15) is 26.2 Å². The zero-order chi connectivity index (χ0) is 16.1. The first kappa shape index (κ1) is 15.3. The molecule has 0 atom stereocenters. The molecular formula is C20H20O3. The largest absolute Gasteiger partial charge is 0.465 e. The predicted octanol–water partition coefficient (Wildman–Crippen LogP) is 5.03. The molecule has 0 aliphatic heterocycles. The number of fused-ring (bicyclic) bond motifs is 1. The van der Waals surface area contributed by atoms with E-state index in [0.29, 0.717) is 29.1 Å². The number of ether oxygens (including phenoxy) is 1. The van der Waals surface area contributed by atoms with Crippen molar-refractivity contribution >= 4 is 11.0 Å². The predicted molar refractivity (Wildman–Crippen MR) is 92.9 cm³/mol. The highest BCUT2D eigenvalue weighted by Crippen LogP contribution is 2.30. The lowest BCUT2D eigenvalue weighted by atomic mass is 10.1. The molecule has 0 unspecified atom stereocenters. The Morgan fingerprint density at radius 2 is 1.70 bits per heavy atom. The van der Waals surface area contributed by atoms with E-state index in [1.54, 1.807) is 12.1 Å². The molecule has 0 radical (unpaired) electrons. The first-order chi connectivity index (χ1) is 11.3. The monoisotopic (exact) mass is 308 g/mol. The summed E-state index contributed by atoms with van der Waals surface area (Å²) in [5, 5.41) is 0.576. The number of hydrogen-bond acceptors (Lipinski definition) is 3. The van der Waals surface area contributed by atoms with Crippen LogP contribution in [0.3, 0.4) is 0 Å². The van der Waals surface area contributed by atoms with Crippen LogP contribution in [0, 0.1) is 0 Å². The van der Waals surface area contributed by atoms with Crippen LogP contribution in [-0.4, -0.2) is 6.61 Å². The van der Waals surface area contributed by atoms with E-state index < -0.39 is 0 Å². The van der Waals surface area contributed by atoms with E-state index in [4.69, 9.17) is 9.15 Å². The lowest BCUT2D eigenvalue weighted by Crippen LogP contribution is -2.09. The van der Waals surface area contributed by atoms with E-state index >= 15 is 0 Å². The van der Waals surface area contributed by atoms with Crippen LogP contribution < -0.4 is 10.2 Å². The topological polar surface area (TPSA) is 39.4 Å². The normalized spacial score (nSPS) is 10.8. The number of para-hydroxylation sites is 1. The van der Waals surface area contributed by atoms with Crippen molar-refractivity contribution < 1.29 is 9.15 Å². The molecule has 2 aromatic carbocycles. The second-order valence-corrected chi connectivity index (χ2v) is 5.51. The minimum Gasteiger partial charge on any atom is -0.465 e. The molecule has 0 aliphatic rings. The third-order valence-electron chi connectivity index (χ3n) is 3.81. The van der Waals surface area contributed by atoms with Crippen LogP contribution in [0.2, 0.25) is 0 Å². The summed E-state index contributed by atoms with van der Waals surface area (Å²) in [6.45, 7) is 2.69. The maximum Gasteiger partial charge on any atom is 0.297 e.